The summed E-state index contributed by atoms with van der Waals surface area (Å²) < 4.78 is 56.6. The molecule has 4 N–H and O–H groups in total. The fraction of sp³-hybridized carbons (Fsp3) is 0.481. The van der Waals surface area contributed by atoms with Crippen molar-refractivity contribution in [3.05, 3.63) is 99.9 Å². The standard InChI is InChI=1S/C54H64F4N8O6S2/c1-33-45(74-32-62-33)35-19-17-34(18-20-35)30-61-48(70)43-28-39(67)31-64(43)49(71)46(52(2,3)4)63-44(68)16-14-12-10-8-7-9-11-13-15-25-60-47(69)40-24-23-38(27-42(40)55)66-51(73)65(50(72)53(66,5)6)37-22-21-36(29-59)41(26-37)54(56,57)58/h17-24,26-27,32,39,43,46,67H,7-16,25,28,30-31H2,1-6H3,(H,60,69)(H,61,70)(H,63,68). The number of hydrogen-bond acceptors (Lipinski definition) is 10. The first kappa shape index (κ1) is 57.0. The van der Waals surface area contributed by atoms with Gasteiger partial charge in [-0.05, 0) is 98.8 Å². The molecule has 2 saturated heterocycles. The number of aryl methyl sites for hydroxylation is 1. The van der Waals surface area contributed by atoms with Crippen molar-refractivity contribution in [2.45, 2.75) is 149 Å². The molecule has 0 saturated carbocycles. The number of carbonyl (C=O) groups excluding carboxylic acids is 5. The van der Waals surface area contributed by atoms with E-state index in [4.69, 9.17) is 12.2 Å². The smallest absolute Gasteiger partial charge is 0.391 e. The minimum Gasteiger partial charge on any atom is -0.391 e. The Morgan fingerprint density at radius 3 is 2.15 bits per heavy atom. The van der Waals surface area contributed by atoms with Gasteiger partial charge in [-0.15, -0.1) is 11.3 Å². The molecule has 3 unspecified atom stereocenters. The van der Waals surface area contributed by atoms with Crippen molar-refractivity contribution in [3.8, 4) is 16.5 Å². The molecule has 4 aromatic rings. The molecule has 3 atom stereocenters. The number of rotatable bonds is 21. The van der Waals surface area contributed by atoms with Gasteiger partial charge in [-0.1, -0.05) is 90.0 Å². The van der Waals surface area contributed by atoms with Crippen LogP contribution in [-0.4, -0.2) is 86.5 Å². The monoisotopic (exact) mass is 1060 g/mol. The Hall–Kier alpha value is -6.30. The number of amides is 5. The zero-order valence-electron chi connectivity index (χ0n) is 42.5. The maximum absolute atomic E-state index is 15.5. The lowest BCUT2D eigenvalue weighted by Crippen LogP contribution is -2.57. The number of likely N-dealkylation sites (tertiary alicyclic amines) is 1. The predicted molar refractivity (Wildman–Crippen MR) is 279 cm³/mol. The third-order valence-corrected chi connectivity index (χ3v) is 14.7. The van der Waals surface area contributed by atoms with E-state index in [1.807, 2.05) is 52.0 Å². The molecule has 6 rings (SSSR count). The molecule has 1 aromatic heterocycles. The Morgan fingerprint density at radius 2 is 1.55 bits per heavy atom. The number of nitrogens with zero attached hydrogens (tertiary/aromatic N) is 5. The number of carbonyl (C=O) groups is 5. The Morgan fingerprint density at radius 1 is 0.919 bits per heavy atom. The lowest BCUT2D eigenvalue weighted by molar-refractivity contribution is -0.144. The molecule has 2 aliphatic rings. The Bertz CT molecular complexity index is 2750. The summed E-state index contributed by atoms with van der Waals surface area (Å²) >= 11 is 7.10. The third kappa shape index (κ3) is 13.7. The molecule has 5 amide bonds. The molecule has 0 bridgehead atoms. The number of thiazole rings is 1. The van der Waals surface area contributed by atoms with Crippen molar-refractivity contribution in [2.24, 2.45) is 5.41 Å². The number of nitrogens with one attached hydrogen (secondary N) is 3. The highest BCUT2D eigenvalue weighted by molar-refractivity contribution is 7.81. The Kier molecular flexibility index (Phi) is 18.8. The van der Waals surface area contributed by atoms with Crippen LogP contribution >= 0.6 is 23.6 Å². The molecule has 20 heteroatoms. The number of aliphatic hydroxyl groups excluding tert-OH is 1. The van der Waals surface area contributed by atoms with Gasteiger partial charge in [0.25, 0.3) is 11.8 Å². The summed E-state index contributed by atoms with van der Waals surface area (Å²) in [6, 6.07) is 14.1. The van der Waals surface area contributed by atoms with E-state index in [-0.39, 0.29) is 59.8 Å². The molecule has 0 aliphatic carbocycles. The molecular weight excluding hydrogens is 997 g/mol. The number of hydrogen-bond donors (Lipinski definition) is 4. The molecule has 2 aliphatic heterocycles. The van der Waals surface area contributed by atoms with Gasteiger partial charge >= 0.3 is 6.18 Å². The van der Waals surface area contributed by atoms with Crippen LogP contribution in [0, 0.1) is 29.5 Å². The molecule has 0 spiro atoms. The summed E-state index contributed by atoms with van der Waals surface area (Å²) in [5, 5.41) is 28.2. The predicted octanol–water partition coefficient (Wildman–Crippen LogP) is 9.50. The summed E-state index contributed by atoms with van der Waals surface area (Å²) in [6.07, 6.45) is 2.44. The van der Waals surface area contributed by atoms with Crippen LogP contribution in [0.2, 0.25) is 0 Å². The first-order valence-corrected chi connectivity index (χ1v) is 26.2. The zero-order chi connectivity index (χ0) is 54.1. The zero-order valence-corrected chi connectivity index (χ0v) is 44.2. The number of thiocarbonyl (C=S) groups is 1. The summed E-state index contributed by atoms with van der Waals surface area (Å²) in [5.74, 6) is -3.19. The highest BCUT2D eigenvalue weighted by Gasteiger charge is 2.51. The number of aromatic nitrogens is 1. The summed E-state index contributed by atoms with van der Waals surface area (Å²) in [7, 11) is 0. The van der Waals surface area contributed by atoms with Crippen molar-refractivity contribution < 1.29 is 46.6 Å². The van der Waals surface area contributed by atoms with E-state index in [2.05, 4.69) is 20.9 Å². The van der Waals surface area contributed by atoms with Crippen LogP contribution in [0.1, 0.15) is 138 Å². The highest BCUT2D eigenvalue weighted by atomic mass is 32.1. The van der Waals surface area contributed by atoms with E-state index < -0.39 is 70.0 Å². The topological polar surface area (TPSA) is 188 Å². The van der Waals surface area contributed by atoms with Gasteiger partial charge in [0.1, 0.15) is 23.4 Å². The van der Waals surface area contributed by atoms with Crippen molar-refractivity contribution in [2.75, 3.05) is 22.9 Å². The lowest BCUT2D eigenvalue weighted by Gasteiger charge is -2.35. The van der Waals surface area contributed by atoms with Crippen LogP contribution in [0.3, 0.4) is 0 Å². The number of unbranched alkanes of at least 4 members (excludes halogenated alkanes) is 8. The first-order valence-electron chi connectivity index (χ1n) is 24.9. The lowest BCUT2D eigenvalue weighted by atomic mass is 9.85. The van der Waals surface area contributed by atoms with E-state index in [1.54, 1.807) is 16.8 Å². The van der Waals surface area contributed by atoms with Crippen molar-refractivity contribution in [3.63, 3.8) is 0 Å². The SMILES string of the molecule is Cc1ncsc1-c1ccc(CNC(=O)C2CC(O)CN2C(=O)C(NC(=O)CCCCCCCCCCCNC(=O)c2ccc(N3C(=S)N(c4ccc(C#N)c(C(F)(F)F)c4)C(=O)C3(C)C)cc2F)C(C)(C)C)cc1. The van der Waals surface area contributed by atoms with Crippen LogP contribution in [0.25, 0.3) is 10.4 Å². The summed E-state index contributed by atoms with van der Waals surface area (Å²) in [4.78, 5) is 76.1. The second kappa shape index (κ2) is 24.4. The normalized spacial score (nSPS) is 17.1. The van der Waals surface area contributed by atoms with Crippen molar-refractivity contribution in [1.29, 1.82) is 5.26 Å². The molecule has 0 radical (unpaired) electrons. The molecule has 396 valence electrons. The van der Waals surface area contributed by atoms with Crippen LogP contribution in [0.5, 0.6) is 0 Å². The van der Waals surface area contributed by atoms with Gasteiger partial charge in [0.2, 0.25) is 17.7 Å². The molecule has 14 nitrogen and oxygen atoms in total. The van der Waals surface area contributed by atoms with Crippen molar-refractivity contribution >= 4 is 69.6 Å². The molecule has 74 heavy (non-hydrogen) atoms. The number of β-amino-alcohol motifs (C(OH)–C–C–N with tert-alkyl or cyclic N) is 1. The number of alkyl halides is 3. The van der Waals surface area contributed by atoms with Crippen LogP contribution in [0.15, 0.2) is 66.2 Å². The number of aliphatic hydroxyl groups is 1. The van der Waals surface area contributed by atoms with Gasteiger partial charge < -0.3 is 30.9 Å². The maximum Gasteiger partial charge on any atom is 0.417 e. The van der Waals surface area contributed by atoms with Crippen LogP contribution < -0.4 is 25.8 Å². The van der Waals surface area contributed by atoms with Crippen LogP contribution in [-0.2, 0) is 31.9 Å². The number of halogens is 4. The van der Waals surface area contributed by atoms with Gasteiger partial charge in [-0.2, -0.15) is 18.4 Å². The van der Waals surface area contributed by atoms with E-state index in [0.717, 1.165) is 83.7 Å². The maximum atomic E-state index is 15.5. The largest absolute Gasteiger partial charge is 0.417 e. The van der Waals surface area contributed by atoms with Gasteiger partial charge in [0.15, 0.2) is 5.11 Å². The van der Waals surface area contributed by atoms with E-state index in [1.165, 1.54) is 47.9 Å². The fourth-order valence-corrected chi connectivity index (χ4v) is 10.6. The third-order valence-electron chi connectivity index (χ3n) is 13.4. The number of nitriles is 1. The second-order valence-corrected chi connectivity index (χ2v) is 21.7. The first-order chi connectivity index (χ1) is 34.9. The average Bonchev–Trinajstić information content (AvgIpc) is 4.01. The quantitative estimate of drug-likeness (QED) is 0.0356. The van der Waals surface area contributed by atoms with E-state index in [9.17, 15) is 47.5 Å². The summed E-state index contributed by atoms with van der Waals surface area (Å²) in [5.41, 5.74) is 0.440. The van der Waals surface area contributed by atoms with Gasteiger partial charge in [-0.25, -0.2) is 9.37 Å². The Labute approximate surface area is 438 Å². The minimum atomic E-state index is -4.87. The van der Waals surface area contributed by atoms with Crippen LogP contribution in [0.4, 0.5) is 28.9 Å². The summed E-state index contributed by atoms with van der Waals surface area (Å²) in [6.45, 7) is 11.1. The molecule has 2 fully saturated rings. The number of benzene rings is 3. The number of anilines is 2. The van der Waals surface area contributed by atoms with Gasteiger partial charge in [-0.3, -0.25) is 28.9 Å². The van der Waals surface area contributed by atoms with Gasteiger partial charge in [0.05, 0.1) is 50.6 Å². The van der Waals surface area contributed by atoms with Gasteiger partial charge in [0, 0.05) is 38.2 Å². The average molecular weight is 1060 g/mol. The molecule has 3 heterocycles. The van der Waals surface area contributed by atoms with E-state index in [0.29, 0.717) is 25.5 Å². The molecular formula is C54H64F4N8O6S2. The Balaban J connectivity index is 0.861. The highest BCUT2D eigenvalue weighted by Crippen LogP contribution is 2.40. The fourth-order valence-electron chi connectivity index (χ4n) is 9.25. The molecule has 3 aromatic carbocycles. The minimum absolute atomic E-state index is 0.00522. The second-order valence-electron chi connectivity index (χ2n) is 20.5. The van der Waals surface area contributed by atoms with E-state index >= 15 is 4.39 Å². The van der Waals surface area contributed by atoms with Crippen molar-refractivity contribution in [1.82, 2.24) is 25.8 Å².